The van der Waals surface area contributed by atoms with Crippen LogP contribution in [0.3, 0.4) is 0 Å². The van der Waals surface area contributed by atoms with Gasteiger partial charge in [0.2, 0.25) is 0 Å². The van der Waals surface area contributed by atoms with E-state index in [4.69, 9.17) is 0 Å². The van der Waals surface area contributed by atoms with Crippen LogP contribution in [0.2, 0.25) is 0 Å². The monoisotopic (exact) mass is 378 g/mol. The summed E-state index contributed by atoms with van der Waals surface area (Å²) in [7, 11) is 1.86. The smallest absolute Gasteiger partial charge is 0.191 e. The van der Waals surface area contributed by atoms with Gasteiger partial charge in [0.15, 0.2) is 5.96 Å². The minimum Gasteiger partial charge on any atom is -0.356 e. The van der Waals surface area contributed by atoms with Crippen molar-refractivity contribution in [1.82, 2.24) is 15.5 Å². The van der Waals surface area contributed by atoms with Crippen molar-refractivity contribution >= 4 is 5.96 Å². The van der Waals surface area contributed by atoms with Gasteiger partial charge in [-0.3, -0.25) is 9.89 Å². The van der Waals surface area contributed by atoms with Crippen LogP contribution >= 0.6 is 0 Å². The Morgan fingerprint density at radius 3 is 2.21 bits per heavy atom. The van der Waals surface area contributed by atoms with Crippen LogP contribution in [0.1, 0.15) is 37.8 Å². The number of hydrogen-bond donors (Lipinski definition) is 2. The van der Waals surface area contributed by atoms with E-state index in [-0.39, 0.29) is 5.41 Å². The number of nitrogens with one attached hydrogen (secondary N) is 2. The van der Waals surface area contributed by atoms with Crippen molar-refractivity contribution in [3.63, 3.8) is 0 Å². The van der Waals surface area contributed by atoms with Crippen LogP contribution in [-0.2, 0) is 12.0 Å². The van der Waals surface area contributed by atoms with Crippen molar-refractivity contribution in [3.05, 3.63) is 71.8 Å². The molecule has 0 aliphatic carbocycles. The van der Waals surface area contributed by atoms with Gasteiger partial charge in [0, 0.05) is 44.7 Å². The third-order valence-corrected chi connectivity index (χ3v) is 5.65. The second-order valence-corrected chi connectivity index (χ2v) is 8.36. The fraction of sp³-hybridized carbons (Fsp3) is 0.458. The zero-order valence-electron chi connectivity index (χ0n) is 17.5. The molecule has 4 heteroatoms. The lowest BCUT2D eigenvalue weighted by Crippen LogP contribution is -2.50. The Kier molecular flexibility index (Phi) is 7.10. The van der Waals surface area contributed by atoms with Crippen LogP contribution in [0.25, 0.3) is 0 Å². The van der Waals surface area contributed by atoms with Gasteiger partial charge in [0.05, 0.1) is 0 Å². The summed E-state index contributed by atoms with van der Waals surface area (Å²) in [5, 5.41) is 7.16. The Morgan fingerprint density at radius 1 is 1.00 bits per heavy atom. The average Bonchev–Trinajstić information content (AvgIpc) is 2.74. The highest BCUT2D eigenvalue weighted by molar-refractivity contribution is 5.80. The van der Waals surface area contributed by atoms with Crippen molar-refractivity contribution in [1.29, 1.82) is 0 Å². The summed E-state index contributed by atoms with van der Waals surface area (Å²) in [6.07, 6.45) is 2.30. The van der Waals surface area contributed by atoms with Gasteiger partial charge in [-0.2, -0.15) is 0 Å². The van der Waals surface area contributed by atoms with E-state index in [1.165, 1.54) is 11.1 Å². The predicted octanol–water partition coefficient (Wildman–Crippen LogP) is 3.79. The highest BCUT2D eigenvalue weighted by Gasteiger charge is 2.23. The van der Waals surface area contributed by atoms with Crippen LogP contribution in [0.5, 0.6) is 0 Å². The quantitative estimate of drug-likeness (QED) is 0.593. The zero-order valence-corrected chi connectivity index (χ0v) is 17.5. The summed E-state index contributed by atoms with van der Waals surface area (Å²) < 4.78 is 0. The summed E-state index contributed by atoms with van der Waals surface area (Å²) >= 11 is 0. The molecule has 1 aliphatic rings. The molecule has 1 saturated heterocycles. The summed E-state index contributed by atoms with van der Waals surface area (Å²) in [5.74, 6) is 0.908. The van der Waals surface area contributed by atoms with E-state index in [0.29, 0.717) is 6.04 Å². The molecule has 0 unspecified atom stereocenters. The van der Waals surface area contributed by atoms with Gasteiger partial charge in [-0.05, 0) is 24.0 Å². The molecule has 4 nitrogen and oxygen atoms in total. The lowest BCUT2D eigenvalue weighted by atomic mass is 9.85. The largest absolute Gasteiger partial charge is 0.356 e. The molecule has 2 aromatic rings. The van der Waals surface area contributed by atoms with Gasteiger partial charge in [-0.1, -0.05) is 74.5 Å². The molecule has 2 aromatic carbocycles. The topological polar surface area (TPSA) is 39.7 Å². The Balaban J connectivity index is 1.44. The fourth-order valence-electron chi connectivity index (χ4n) is 3.76. The maximum atomic E-state index is 4.45. The van der Waals surface area contributed by atoms with Crippen LogP contribution < -0.4 is 10.6 Å². The molecular weight excluding hydrogens is 344 g/mol. The number of aliphatic imine (C=N–C) groups is 1. The van der Waals surface area contributed by atoms with Crippen molar-refractivity contribution in [2.75, 3.05) is 26.7 Å². The minimum atomic E-state index is 0.0535. The summed E-state index contributed by atoms with van der Waals surface area (Å²) in [6.45, 7) is 8.68. The maximum Gasteiger partial charge on any atom is 0.191 e. The third kappa shape index (κ3) is 5.83. The van der Waals surface area contributed by atoms with E-state index in [1.54, 1.807) is 0 Å². The first-order valence-corrected chi connectivity index (χ1v) is 10.4. The van der Waals surface area contributed by atoms with Crippen molar-refractivity contribution in [3.8, 4) is 0 Å². The van der Waals surface area contributed by atoms with Gasteiger partial charge in [0.25, 0.3) is 0 Å². The molecule has 150 valence electrons. The standard InChI is InChI=1S/C24H34N4/c1-24(2,21-12-8-5-9-13-21)19-26-23(25-3)27-22-14-16-28(17-15-22)18-20-10-6-4-7-11-20/h4-13,22H,14-19H2,1-3H3,(H2,25,26,27). The van der Waals surface area contributed by atoms with Crippen LogP contribution in [-0.4, -0.2) is 43.6 Å². The van der Waals surface area contributed by atoms with E-state index < -0.39 is 0 Å². The molecule has 2 N–H and O–H groups in total. The second kappa shape index (κ2) is 9.74. The first-order valence-electron chi connectivity index (χ1n) is 10.4. The van der Waals surface area contributed by atoms with Crippen molar-refractivity contribution in [2.24, 2.45) is 4.99 Å². The molecule has 3 rings (SSSR count). The molecule has 0 radical (unpaired) electrons. The summed E-state index contributed by atoms with van der Waals surface area (Å²) in [6, 6.07) is 21.9. The second-order valence-electron chi connectivity index (χ2n) is 8.36. The number of hydrogen-bond acceptors (Lipinski definition) is 2. The summed E-state index contributed by atoms with van der Waals surface area (Å²) in [5.41, 5.74) is 2.79. The normalized spacial score (nSPS) is 16.8. The highest BCUT2D eigenvalue weighted by Crippen LogP contribution is 2.21. The average molecular weight is 379 g/mol. The lowest BCUT2D eigenvalue weighted by Gasteiger charge is -2.34. The van der Waals surface area contributed by atoms with Gasteiger partial charge < -0.3 is 10.6 Å². The van der Waals surface area contributed by atoms with Gasteiger partial charge in [0.1, 0.15) is 0 Å². The predicted molar refractivity (Wildman–Crippen MR) is 119 cm³/mol. The van der Waals surface area contributed by atoms with Crippen LogP contribution in [0.4, 0.5) is 0 Å². The molecule has 0 amide bonds. The number of benzene rings is 2. The van der Waals surface area contributed by atoms with Crippen molar-refractivity contribution in [2.45, 2.75) is 44.7 Å². The van der Waals surface area contributed by atoms with E-state index in [1.807, 2.05) is 7.05 Å². The molecular formula is C24H34N4. The zero-order chi connectivity index (χ0) is 19.8. The Morgan fingerprint density at radius 2 is 1.61 bits per heavy atom. The number of likely N-dealkylation sites (tertiary alicyclic amines) is 1. The SMILES string of the molecule is CN=C(NCC(C)(C)c1ccccc1)NC1CCN(Cc2ccccc2)CC1. The molecule has 0 saturated carbocycles. The molecule has 1 fully saturated rings. The van der Waals surface area contributed by atoms with E-state index in [9.17, 15) is 0 Å². The highest BCUT2D eigenvalue weighted by atomic mass is 15.2. The Hall–Kier alpha value is -2.33. The molecule has 1 heterocycles. The molecule has 0 atom stereocenters. The number of piperidine rings is 1. The molecule has 0 bridgehead atoms. The Bertz CT molecular complexity index is 732. The van der Waals surface area contributed by atoms with Crippen LogP contribution in [0, 0.1) is 0 Å². The Labute approximate surface area is 170 Å². The lowest BCUT2D eigenvalue weighted by molar-refractivity contribution is 0.198. The van der Waals surface area contributed by atoms with Gasteiger partial charge in [-0.15, -0.1) is 0 Å². The summed E-state index contributed by atoms with van der Waals surface area (Å²) in [4.78, 5) is 6.99. The molecule has 1 aliphatic heterocycles. The number of nitrogens with zero attached hydrogens (tertiary/aromatic N) is 2. The van der Waals surface area contributed by atoms with Gasteiger partial charge >= 0.3 is 0 Å². The number of guanidine groups is 1. The van der Waals surface area contributed by atoms with Gasteiger partial charge in [-0.25, -0.2) is 0 Å². The molecule has 0 aromatic heterocycles. The molecule has 28 heavy (non-hydrogen) atoms. The maximum absolute atomic E-state index is 4.45. The van der Waals surface area contributed by atoms with E-state index in [2.05, 4.69) is 95.0 Å². The fourth-order valence-corrected chi connectivity index (χ4v) is 3.76. The third-order valence-electron chi connectivity index (χ3n) is 5.65. The molecule has 0 spiro atoms. The minimum absolute atomic E-state index is 0.0535. The number of rotatable bonds is 6. The first-order chi connectivity index (χ1) is 13.6. The van der Waals surface area contributed by atoms with E-state index in [0.717, 1.165) is 45.0 Å². The van der Waals surface area contributed by atoms with Crippen molar-refractivity contribution < 1.29 is 0 Å². The first kappa shape index (κ1) is 20.4. The van der Waals surface area contributed by atoms with E-state index >= 15 is 0 Å². The van der Waals surface area contributed by atoms with Crippen LogP contribution in [0.15, 0.2) is 65.7 Å².